The lowest BCUT2D eigenvalue weighted by atomic mass is 10.2. The minimum atomic E-state index is 0.0876. The Balaban J connectivity index is 2.29. The van der Waals surface area contributed by atoms with Crippen molar-refractivity contribution in [1.29, 1.82) is 0 Å². The largest absolute Gasteiger partial charge is 0.328 e. The average Bonchev–Trinajstić information content (AvgIpc) is 2.30. The Labute approximate surface area is 93.8 Å². The number of hydrogen-bond donors (Lipinski definition) is 1. The van der Waals surface area contributed by atoms with E-state index in [0.29, 0.717) is 11.5 Å². The van der Waals surface area contributed by atoms with E-state index in [1.165, 1.54) is 0 Å². The number of aromatic nitrogens is 4. The molecule has 0 fully saturated rings. The van der Waals surface area contributed by atoms with Crippen molar-refractivity contribution in [1.82, 2.24) is 19.9 Å². The fraction of sp³-hybridized carbons (Fsp3) is 0.273. The molecule has 0 amide bonds. The summed E-state index contributed by atoms with van der Waals surface area (Å²) in [5.74, 6) is 0.589. The molecule has 82 valence electrons. The van der Waals surface area contributed by atoms with Crippen molar-refractivity contribution in [3.05, 3.63) is 36.5 Å². The van der Waals surface area contributed by atoms with Crippen molar-refractivity contribution in [2.24, 2.45) is 5.73 Å². The molecule has 2 aromatic rings. The minimum Gasteiger partial charge on any atom is -0.328 e. The van der Waals surface area contributed by atoms with Gasteiger partial charge in [0.1, 0.15) is 5.69 Å². The number of nitrogens with zero attached hydrogens (tertiary/aromatic N) is 4. The van der Waals surface area contributed by atoms with Gasteiger partial charge in [-0.2, -0.15) is 0 Å². The third-order valence-corrected chi connectivity index (χ3v) is 2.04. The lowest BCUT2D eigenvalue weighted by Gasteiger charge is -2.05. The second kappa shape index (κ2) is 4.76. The van der Waals surface area contributed by atoms with Crippen molar-refractivity contribution in [3.8, 4) is 11.5 Å². The van der Waals surface area contributed by atoms with Crippen LogP contribution < -0.4 is 5.73 Å². The van der Waals surface area contributed by atoms with E-state index in [2.05, 4.69) is 19.9 Å². The van der Waals surface area contributed by atoms with Crippen molar-refractivity contribution in [3.63, 3.8) is 0 Å². The summed E-state index contributed by atoms with van der Waals surface area (Å²) >= 11 is 0. The number of nitrogens with two attached hydrogens (primary N) is 1. The van der Waals surface area contributed by atoms with Crippen LogP contribution in [0.15, 0.2) is 30.9 Å². The van der Waals surface area contributed by atoms with Gasteiger partial charge in [0.05, 0.1) is 6.20 Å². The van der Waals surface area contributed by atoms with E-state index in [1.807, 2.05) is 13.0 Å². The van der Waals surface area contributed by atoms with Gasteiger partial charge in [0, 0.05) is 36.7 Å². The first-order valence-corrected chi connectivity index (χ1v) is 5.09. The quantitative estimate of drug-likeness (QED) is 0.820. The fourth-order valence-electron chi connectivity index (χ4n) is 1.38. The van der Waals surface area contributed by atoms with Gasteiger partial charge >= 0.3 is 0 Å². The van der Waals surface area contributed by atoms with Crippen LogP contribution in [0.1, 0.15) is 12.6 Å². The molecule has 0 aromatic carbocycles. The molecule has 2 heterocycles. The van der Waals surface area contributed by atoms with Crippen LogP contribution >= 0.6 is 0 Å². The summed E-state index contributed by atoms with van der Waals surface area (Å²) in [5, 5.41) is 0. The third-order valence-electron chi connectivity index (χ3n) is 2.04. The molecule has 1 atom stereocenters. The van der Waals surface area contributed by atoms with E-state index in [-0.39, 0.29) is 6.04 Å². The van der Waals surface area contributed by atoms with Gasteiger partial charge in [0.2, 0.25) is 0 Å². The van der Waals surface area contributed by atoms with Crippen molar-refractivity contribution < 1.29 is 0 Å². The van der Waals surface area contributed by atoms with Crippen molar-refractivity contribution in [2.75, 3.05) is 0 Å². The van der Waals surface area contributed by atoms with Crippen molar-refractivity contribution in [2.45, 2.75) is 19.4 Å². The molecule has 0 bridgehead atoms. The van der Waals surface area contributed by atoms with Crippen LogP contribution in [-0.2, 0) is 6.42 Å². The van der Waals surface area contributed by atoms with Gasteiger partial charge in [0.25, 0.3) is 0 Å². The normalized spacial score (nSPS) is 12.4. The van der Waals surface area contributed by atoms with Crippen LogP contribution in [0.2, 0.25) is 0 Å². The van der Waals surface area contributed by atoms with E-state index in [4.69, 9.17) is 5.73 Å². The maximum absolute atomic E-state index is 5.72. The monoisotopic (exact) mass is 215 g/mol. The Morgan fingerprint density at radius 3 is 2.81 bits per heavy atom. The van der Waals surface area contributed by atoms with Gasteiger partial charge in [-0.15, -0.1) is 0 Å². The van der Waals surface area contributed by atoms with Crippen LogP contribution in [0.3, 0.4) is 0 Å². The zero-order valence-electron chi connectivity index (χ0n) is 9.04. The molecule has 1 unspecified atom stereocenters. The van der Waals surface area contributed by atoms with Gasteiger partial charge in [0.15, 0.2) is 5.82 Å². The first-order chi connectivity index (χ1) is 7.75. The van der Waals surface area contributed by atoms with Gasteiger partial charge < -0.3 is 5.73 Å². The zero-order valence-corrected chi connectivity index (χ0v) is 9.04. The van der Waals surface area contributed by atoms with Gasteiger partial charge in [-0.25, -0.2) is 15.0 Å². The van der Waals surface area contributed by atoms with Gasteiger partial charge in [-0.1, -0.05) is 0 Å². The molecule has 0 spiro atoms. The molecular weight excluding hydrogens is 202 g/mol. The van der Waals surface area contributed by atoms with Gasteiger partial charge in [-0.05, 0) is 13.0 Å². The van der Waals surface area contributed by atoms with Crippen LogP contribution in [0.5, 0.6) is 0 Å². The van der Waals surface area contributed by atoms with Crippen LogP contribution in [-0.4, -0.2) is 26.0 Å². The maximum Gasteiger partial charge on any atom is 0.179 e. The topological polar surface area (TPSA) is 77.6 Å². The summed E-state index contributed by atoms with van der Waals surface area (Å²) in [6.45, 7) is 1.95. The summed E-state index contributed by atoms with van der Waals surface area (Å²) in [6.07, 6.45) is 7.34. The average molecular weight is 215 g/mol. The molecular formula is C11H13N5. The summed E-state index contributed by atoms with van der Waals surface area (Å²) < 4.78 is 0. The first kappa shape index (κ1) is 10.6. The summed E-state index contributed by atoms with van der Waals surface area (Å²) in [4.78, 5) is 16.7. The Kier molecular flexibility index (Phi) is 3.16. The predicted octanol–water partition coefficient (Wildman–Crippen LogP) is 0.823. The van der Waals surface area contributed by atoms with Gasteiger partial charge in [-0.3, -0.25) is 4.98 Å². The highest BCUT2D eigenvalue weighted by molar-refractivity contribution is 5.46. The van der Waals surface area contributed by atoms with E-state index in [0.717, 1.165) is 12.1 Å². The third kappa shape index (κ3) is 2.58. The lowest BCUT2D eigenvalue weighted by molar-refractivity contribution is 0.720. The Morgan fingerprint density at radius 2 is 2.12 bits per heavy atom. The molecule has 5 heteroatoms. The summed E-state index contributed by atoms with van der Waals surface area (Å²) in [7, 11) is 0. The molecule has 0 saturated carbocycles. The predicted molar refractivity (Wildman–Crippen MR) is 60.4 cm³/mol. The van der Waals surface area contributed by atoms with E-state index >= 15 is 0 Å². The summed E-state index contributed by atoms with van der Waals surface area (Å²) in [5.41, 5.74) is 7.32. The molecule has 2 aromatic heterocycles. The second-order valence-electron chi connectivity index (χ2n) is 3.64. The standard InChI is InChI=1S/C11H13N5/c1-8(12)6-9-2-3-15-11(16-9)10-7-13-4-5-14-10/h2-5,7-8H,6,12H2,1H3. The number of rotatable bonds is 3. The zero-order chi connectivity index (χ0) is 11.4. The second-order valence-corrected chi connectivity index (χ2v) is 3.64. The molecule has 5 nitrogen and oxygen atoms in total. The van der Waals surface area contributed by atoms with Crippen molar-refractivity contribution >= 4 is 0 Å². The van der Waals surface area contributed by atoms with Crippen LogP contribution in [0, 0.1) is 0 Å². The van der Waals surface area contributed by atoms with E-state index in [9.17, 15) is 0 Å². The molecule has 2 rings (SSSR count). The Hall–Kier alpha value is -1.88. The molecule has 2 N–H and O–H groups in total. The molecule has 0 aliphatic rings. The highest BCUT2D eigenvalue weighted by Crippen LogP contribution is 2.09. The highest BCUT2D eigenvalue weighted by atomic mass is 14.9. The Bertz CT molecular complexity index is 455. The maximum atomic E-state index is 5.72. The lowest BCUT2D eigenvalue weighted by Crippen LogP contribution is -2.18. The SMILES string of the molecule is CC(N)Cc1ccnc(-c2cnccn2)n1. The first-order valence-electron chi connectivity index (χ1n) is 5.09. The minimum absolute atomic E-state index is 0.0876. The molecule has 0 radical (unpaired) electrons. The Morgan fingerprint density at radius 1 is 1.25 bits per heavy atom. The summed E-state index contributed by atoms with van der Waals surface area (Å²) in [6, 6.07) is 1.95. The highest BCUT2D eigenvalue weighted by Gasteiger charge is 2.05. The van der Waals surface area contributed by atoms with E-state index < -0.39 is 0 Å². The van der Waals surface area contributed by atoms with Crippen LogP contribution in [0.4, 0.5) is 0 Å². The molecule has 16 heavy (non-hydrogen) atoms. The molecule has 0 aliphatic heterocycles. The van der Waals surface area contributed by atoms with E-state index in [1.54, 1.807) is 24.8 Å². The fourth-order valence-corrected chi connectivity index (χ4v) is 1.38. The molecule has 0 aliphatic carbocycles. The molecule has 0 saturated heterocycles. The van der Waals surface area contributed by atoms with Crippen LogP contribution in [0.25, 0.3) is 11.5 Å². The smallest absolute Gasteiger partial charge is 0.179 e. The number of hydrogen-bond acceptors (Lipinski definition) is 5.